The Morgan fingerprint density at radius 3 is 2.25 bits per heavy atom. The summed E-state index contributed by atoms with van der Waals surface area (Å²) >= 11 is 0. The molecule has 1 N–H and O–H groups in total. The van der Waals surface area contributed by atoms with Gasteiger partial charge in [0.25, 0.3) is 0 Å². The van der Waals surface area contributed by atoms with E-state index in [1.165, 1.54) is 83.8 Å². The number of rotatable bonds is 5. The summed E-state index contributed by atoms with van der Waals surface area (Å²) in [5, 5.41) is 3.87. The summed E-state index contributed by atoms with van der Waals surface area (Å²) in [6, 6.07) is 1.58. The Morgan fingerprint density at radius 1 is 0.900 bits per heavy atom. The predicted molar refractivity (Wildman–Crippen MR) is 88.2 cm³/mol. The van der Waals surface area contributed by atoms with E-state index in [9.17, 15) is 0 Å². The Morgan fingerprint density at radius 2 is 1.60 bits per heavy atom. The van der Waals surface area contributed by atoms with Crippen LogP contribution in [-0.4, -0.2) is 36.6 Å². The molecule has 0 spiro atoms. The number of piperidine rings is 1. The van der Waals surface area contributed by atoms with E-state index in [2.05, 4.69) is 24.1 Å². The summed E-state index contributed by atoms with van der Waals surface area (Å²) in [4.78, 5) is 2.84. The highest BCUT2D eigenvalue weighted by atomic mass is 15.2. The summed E-state index contributed by atoms with van der Waals surface area (Å²) in [5.74, 6) is 1.00. The standard InChI is InChI=1S/C18H36N2/c1-3-13-19-17-9-7-5-6-8-10-18(17)20-14-11-16(4-2)12-15-20/h16-19H,3-15H2,1-2H3. The third-order valence-electron chi connectivity index (χ3n) is 5.58. The number of hydrogen-bond donors (Lipinski definition) is 1. The zero-order valence-corrected chi connectivity index (χ0v) is 13.9. The van der Waals surface area contributed by atoms with Crippen LogP contribution in [0.25, 0.3) is 0 Å². The SMILES string of the molecule is CCCNC1CCCCCCC1N1CCC(CC)CC1. The van der Waals surface area contributed by atoms with E-state index in [1.807, 2.05) is 0 Å². The van der Waals surface area contributed by atoms with Crippen molar-refractivity contribution in [2.45, 2.75) is 90.1 Å². The third-order valence-corrected chi connectivity index (χ3v) is 5.58. The van der Waals surface area contributed by atoms with Crippen LogP contribution in [0.15, 0.2) is 0 Å². The molecule has 118 valence electrons. The van der Waals surface area contributed by atoms with Crippen molar-refractivity contribution in [2.75, 3.05) is 19.6 Å². The summed E-state index contributed by atoms with van der Waals surface area (Å²) < 4.78 is 0. The molecule has 0 aromatic carbocycles. The normalized spacial score (nSPS) is 30.9. The van der Waals surface area contributed by atoms with Crippen molar-refractivity contribution in [2.24, 2.45) is 5.92 Å². The molecule has 0 radical (unpaired) electrons. The molecule has 2 fully saturated rings. The lowest BCUT2D eigenvalue weighted by molar-refractivity contribution is 0.0902. The van der Waals surface area contributed by atoms with E-state index in [0.717, 1.165) is 18.0 Å². The first-order valence-corrected chi connectivity index (χ1v) is 9.32. The molecule has 0 amide bonds. The van der Waals surface area contributed by atoms with Crippen LogP contribution in [0.1, 0.15) is 78.1 Å². The Kier molecular flexibility index (Phi) is 7.37. The first kappa shape index (κ1) is 16.3. The summed E-state index contributed by atoms with van der Waals surface area (Å²) in [5.41, 5.74) is 0. The van der Waals surface area contributed by atoms with Gasteiger partial charge in [-0.05, 0) is 57.7 Å². The summed E-state index contributed by atoms with van der Waals surface area (Å²) in [6.45, 7) is 8.56. The molecule has 2 aliphatic rings. The van der Waals surface area contributed by atoms with E-state index < -0.39 is 0 Å². The zero-order chi connectivity index (χ0) is 14.2. The molecule has 0 aromatic heterocycles. The minimum absolute atomic E-state index is 0.758. The van der Waals surface area contributed by atoms with Gasteiger partial charge < -0.3 is 5.32 Å². The largest absolute Gasteiger partial charge is 0.312 e. The monoisotopic (exact) mass is 280 g/mol. The third kappa shape index (κ3) is 4.73. The van der Waals surface area contributed by atoms with Crippen molar-refractivity contribution >= 4 is 0 Å². The molecule has 20 heavy (non-hydrogen) atoms. The number of nitrogens with one attached hydrogen (secondary N) is 1. The summed E-state index contributed by atoms with van der Waals surface area (Å²) in [6.07, 6.45) is 14.2. The first-order valence-electron chi connectivity index (χ1n) is 9.32. The van der Waals surface area contributed by atoms with Crippen molar-refractivity contribution in [3.05, 3.63) is 0 Å². The van der Waals surface area contributed by atoms with Gasteiger partial charge in [-0.25, -0.2) is 0 Å². The molecule has 2 heteroatoms. The van der Waals surface area contributed by atoms with E-state index in [-0.39, 0.29) is 0 Å². The highest BCUT2D eigenvalue weighted by Crippen LogP contribution is 2.27. The Labute approximate surface area is 126 Å². The molecule has 1 saturated heterocycles. The lowest BCUT2D eigenvalue weighted by Gasteiger charge is -2.42. The second-order valence-corrected chi connectivity index (χ2v) is 7.01. The van der Waals surface area contributed by atoms with Crippen LogP contribution in [0.2, 0.25) is 0 Å². The van der Waals surface area contributed by atoms with Gasteiger partial charge >= 0.3 is 0 Å². The van der Waals surface area contributed by atoms with Gasteiger partial charge in [-0.2, -0.15) is 0 Å². The van der Waals surface area contributed by atoms with Gasteiger partial charge in [0.2, 0.25) is 0 Å². The van der Waals surface area contributed by atoms with Crippen molar-refractivity contribution in [1.82, 2.24) is 10.2 Å². The van der Waals surface area contributed by atoms with Gasteiger partial charge in [0.15, 0.2) is 0 Å². The number of hydrogen-bond acceptors (Lipinski definition) is 2. The first-order chi connectivity index (χ1) is 9.85. The Bertz CT molecular complexity index is 244. The molecule has 1 aliphatic heterocycles. The van der Waals surface area contributed by atoms with Crippen LogP contribution in [0.5, 0.6) is 0 Å². The van der Waals surface area contributed by atoms with Gasteiger partial charge in [-0.3, -0.25) is 4.90 Å². The van der Waals surface area contributed by atoms with E-state index in [1.54, 1.807) is 0 Å². The highest BCUT2D eigenvalue weighted by molar-refractivity contribution is 4.88. The molecule has 2 unspecified atom stereocenters. The molecule has 0 bridgehead atoms. The molecule has 1 saturated carbocycles. The topological polar surface area (TPSA) is 15.3 Å². The van der Waals surface area contributed by atoms with Crippen LogP contribution < -0.4 is 5.32 Å². The number of likely N-dealkylation sites (tertiary alicyclic amines) is 1. The fourth-order valence-electron chi connectivity index (χ4n) is 4.16. The quantitative estimate of drug-likeness (QED) is 0.812. The fourth-order valence-corrected chi connectivity index (χ4v) is 4.16. The average Bonchev–Trinajstić information content (AvgIpc) is 2.47. The van der Waals surface area contributed by atoms with Gasteiger partial charge in [0, 0.05) is 12.1 Å². The molecule has 2 nitrogen and oxygen atoms in total. The lowest BCUT2D eigenvalue weighted by Crippen LogP contribution is -2.53. The Hall–Kier alpha value is -0.0800. The van der Waals surface area contributed by atoms with Gasteiger partial charge in [-0.15, -0.1) is 0 Å². The van der Waals surface area contributed by atoms with E-state index >= 15 is 0 Å². The number of nitrogens with zero attached hydrogens (tertiary/aromatic N) is 1. The molecule has 1 aliphatic carbocycles. The minimum Gasteiger partial charge on any atom is -0.312 e. The lowest BCUT2D eigenvalue weighted by atomic mass is 9.87. The van der Waals surface area contributed by atoms with Crippen LogP contribution >= 0.6 is 0 Å². The van der Waals surface area contributed by atoms with Gasteiger partial charge in [0.05, 0.1) is 0 Å². The molecule has 1 heterocycles. The maximum absolute atomic E-state index is 3.87. The van der Waals surface area contributed by atoms with E-state index in [4.69, 9.17) is 0 Å². The molecule has 2 atom stereocenters. The van der Waals surface area contributed by atoms with E-state index in [0.29, 0.717) is 0 Å². The average molecular weight is 280 g/mol. The maximum atomic E-state index is 3.87. The molecule has 0 aromatic rings. The Balaban J connectivity index is 1.91. The van der Waals surface area contributed by atoms with Crippen LogP contribution in [0, 0.1) is 5.92 Å². The fraction of sp³-hybridized carbons (Fsp3) is 1.00. The van der Waals surface area contributed by atoms with Crippen molar-refractivity contribution in [3.8, 4) is 0 Å². The van der Waals surface area contributed by atoms with Gasteiger partial charge in [0.1, 0.15) is 0 Å². The molecular formula is C18H36N2. The second-order valence-electron chi connectivity index (χ2n) is 7.01. The van der Waals surface area contributed by atoms with Crippen LogP contribution in [0.4, 0.5) is 0 Å². The van der Waals surface area contributed by atoms with Crippen LogP contribution in [0.3, 0.4) is 0 Å². The highest BCUT2D eigenvalue weighted by Gasteiger charge is 2.30. The van der Waals surface area contributed by atoms with Crippen molar-refractivity contribution in [1.29, 1.82) is 0 Å². The zero-order valence-electron chi connectivity index (χ0n) is 13.9. The van der Waals surface area contributed by atoms with Gasteiger partial charge in [-0.1, -0.05) is 46.0 Å². The summed E-state index contributed by atoms with van der Waals surface area (Å²) in [7, 11) is 0. The second kappa shape index (κ2) is 9.04. The van der Waals surface area contributed by atoms with Crippen molar-refractivity contribution in [3.63, 3.8) is 0 Å². The predicted octanol–water partition coefficient (Wildman–Crippen LogP) is 4.20. The maximum Gasteiger partial charge on any atom is 0.0249 e. The van der Waals surface area contributed by atoms with Crippen molar-refractivity contribution < 1.29 is 0 Å². The molecular weight excluding hydrogens is 244 g/mol. The minimum atomic E-state index is 0.758. The van der Waals surface area contributed by atoms with Crippen LogP contribution in [-0.2, 0) is 0 Å². The smallest absolute Gasteiger partial charge is 0.0249 e. The molecule has 2 rings (SSSR count).